The van der Waals surface area contributed by atoms with Gasteiger partial charge in [-0.3, -0.25) is 4.57 Å². The second kappa shape index (κ2) is 6.57. The molecule has 5 heteroatoms. The van der Waals surface area contributed by atoms with Crippen LogP contribution in [0.15, 0.2) is 0 Å². The molecule has 0 bridgehead atoms. The molecule has 0 unspecified atom stereocenters. The highest BCUT2D eigenvalue weighted by atomic mass is 31.2. The maximum absolute atomic E-state index is 12.1. The van der Waals surface area contributed by atoms with Crippen molar-refractivity contribution in [3.63, 3.8) is 0 Å². The van der Waals surface area contributed by atoms with Crippen LogP contribution in [0.5, 0.6) is 0 Å². The lowest BCUT2D eigenvalue weighted by atomic mass is 10.1. The monoisotopic (exact) mass is 224 g/mol. The van der Waals surface area contributed by atoms with Crippen molar-refractivity contribution in [3.8, 4) is 0 Å². The smallest absolute Gasteiger partial charge is 0.345 e. The van der Waals surface area contributed by atoms with Crippen LogP contribution in [-0.4, -0.2) is 19.0 Å². The Morgan fingerprint density at radius 1 is 1.21 bits per heavy atom. The minimum Gasteiger partial charge on any atom is -0.345 e. The Bertz CT molecular complexity index is 186. The average Bonchev–Trinajstić information content (AvgIpc) is 2.03. The molecule has 0 heterocycles. The second-order valence-electron chi connectivity index (χ2n) is 3.66. The molecule has 4 nitrogen and oxygen atoms in total. The van der Waals surface area contributed by atoms with Gasteiger partial charge in [-0.05, 0) is 19.8 Å². The molecule has 0 spiro atoms. The third kappa shape index (κ3) is 4.56. The van der Waals surface area contributed by atoms with Crippen molar-refractivity contribution in [1.82, 2.24) is 0 Å². The van der Waals surface area contributed by atoms with Crippen molar-refractivity contribution in [2.75, 3.05) is 13.2 Å². The first-order valence-corrected chi connectivity index (χ1v) is 6.79. The van der Waals surface area contributed by atoms with Crippen molar-refractivity contribution in [1.29, 1.82) is 0 Å². The molecule has 0 aliphatic carbocycles. The molecular weight excluding hydrogens is 201 g/mol. The number of hydrogen-bond acceptors (Lipinski definition) is 3. The summed E-state index contributed by atoms with van der Waals surface area (Å²) in [6.07, 6.45) is 0.761. The fourth-order valence-corrected chi connectivity index (χ4v) is 3.18. The van der Waals surface area contributed by atoms with Crippen molar-refractivity contribution >= 4 is 7.60 Å². The summed E-state index contributed by atoms with van der Waals surface area (Å²) in [6.45, 7) is 8.57. The quantitative estimate of drug-likeness (QED) is 0.671. The molecule has 0 aromatic rings. The molecule has 0 saturated carbocycles. The third-order valence-corrected chi connectivity index (χ3v) is 4.15. The van der Waals surface area contributed by atoms with Gasteiger partial charge in [-0.15, -0.1) is 0 Å². The van der Waals surface area contributed by atoms with E-state index in [2.05, 4.69) is 19.6 Å². The predicted octanol–water partition coefficient (Wildman–Crippen LogP) is 1.87. The van der Waals surface area contributed by atoms with Gasteiger partial charge in [0.25, 0.3) is 0 Å². The van der Waals surface area contributed by atoms with Crippen molar-refractivity contribution in [2.24, 2.45) is 5.92 Å². The zero-order valence-corrected chi connectivity index (χ0v) is 10.5. The summed E-state index contributed by atoms with van der Waals surface area (Å²) in [5, 5.41) is 0. The van der Waals surface area contributed by atoms with E-state index in [1.807, 2.05) is 13.8 Å². The van der Waals surface area contributed by atoms with Gasteiger partial charge in [-0.1, -0.05) is 13.8 Å². The molecule has 0 saturated heterocycles. The maximum atomic E-state index is 12.1. The van der Waals surface area contributed by atoms with Gasteiger partial charge < -0.3 is 14.8 Å². The SMILES string of the molecule is CCOP(=O)(OCC)[C@@H]([NH3+])CC(C)C. The van der Waals surface area contributed by atoms with E-state index in [9.17, 15) is 4.57 Å². The van der Waals surface area contributed by atoms with E-state index in [1.165, 1.54) is 0 Å². The van der Waals surface area contributed by atoms with E-state index in [-0.39, 0.29) is 5.78 Å². The normalized spacial score (nSPS) is 14.7. The summed E-state index contributed by atoms with van der Waals surface area (Å²) in [6, 6.07) is 0. The Hall–Kier alpha value is 0.110. The van der Waals surface area contributed by atoms with Gasteiger partial charge in [0.2, 0.25) is 0 Å². The van der Waals surface area contributed by atoms with Crippen LogP contribution in [0, 0.1) is 5.92 Å². The lowest BCUT2D eigenvalue weighted by molar-refractivity contribution is -0.397. The zero-order chi connectivity index (χ0) is 11.2. The standard InChI is InChI=1S/C9H22NO3P/c1-5-12-14(11,13-6-2)9(10)7-8(3)4/h8-9H,5-7,10H2,1-4H3/p+1/t9-/m1/s1. The third-order valence-electron chi connectivity index (χ3n) is 1.81. The highest BCUT2D eigenvalue weighted by Gasteiger charge is 2.36. The first kappa shape index (κ1) is 14.1. The molecular formula is C9H23NO3P+. The highest BCUT2D eigenvalue weighted by Crippen LogP contribution is 2.51. The van der Waals surface area contributed by atoms with Gasteiger partial charge in [0.1, 0.15) is 0 Å². The van der Waals surface area contributed by atoms with Crippen LogP contribution in [0.2, 0.25) is 0 Å². The van der Waals surface area contributed by atoms with Crippen LogP contribution in [0.3, 0.4) is 0 Å². The van der Waals surface area contributed by atoms with Crippen LogP contribution < -0.4 is 5.73 Å². The van der Waals surface area contributed by atoms with Crippen molar-refractivity contribution in [3.05, 3.63) is 0 Å². The summed E-state index contributed by atoms with van der Waals surface area (Å²) < 4.78 is 22.5. The number of hydrogen-bond donors (Lipinski definition) is 1. The molecule has 0 amide bonds. The van der Waals surface area contributed by atoms with Crippen LogP contribution in [-0.2, 0) is 13.6 Å². The minimum atomic E-state index is -2.98. The summed E-state index contributed by atoms with van der Waals surface area (Å²) in [5.41, 5.74) is 3.87. The summed E-state index contributed by atoms with van der Waals surface area (Å²) in [7, 11) is -2.98. The van der Waals surface area contributed by atoms with Gasteiger partial charge in [0.05, 0.1) is 13.2 Å². The Morgan fingerprint density at radius 2 is 1.64 bits per heavy atom. The second-order valence-corrected chi connectivity index (χ2v) is 5.99. The Labute approximate surface area is 86.7 Å². The Morgan fingerprint density at radius 3 is 1.93 bits per heavy atom. The lowest BCUT2D eigenvalue weighted by Crippen LogP contribution is -2.61. The molecule has 0 rings (SSSR count). The van der Waals surface area contributed by atoms with Crippen molar-refractivity contribution in [2.45, 2.75) is 39.9 Å². The molecule has 0 aliphatic rings. The molecule has 1 atom stereocenters. The molecule has 0 aliphatic heterocycles. The average molecular weight is 224 g/mol. The summed E-state index contributed by atoms with van der Waals surface area (Å²) in [5.74, 6) is 0.189. The fraction of sp³-hybridized carbons (Fsp3) is 1.00. The first-order chi connectivity index (χ1) is 6.46. The number of rotatable bonds is 7. The van der Waals surface area contributed by atoms with Crippen LogP contribution in [0.4, 0.5) is 0 Å². The van der Waals surface area contributed by atoms with Gasteiger partial charge >= 0.3 is 7.60 Å². The van der Waals surface area contributed by atoms with Gasteiger partial charge in [-0.25, -0.2) is 0 Å². The molecule has 0 fully saturated rings. The molecule has 0 radical (unpaired) electrons. The lowest BCUT2D eigenvalue weighted by Gasteiger charge is -2.21. The largest absolute Gasteiger partial charge is 0.387 e. The van der Waals surface area contributed by atoms with Crippen LogP contribution in [0.25, 0.3) is 0 Å². The first-order valence-electron chi connectivity index (χ1n) is 5.18. The topological polar surface area (TPSA) is 63.2 Å². The van der Waals surface area contributed by atoms with E-state index in [1.54, 1.807) is 0 Å². The summed E-state index contributed by atoms with van der Waals surface area (Å²) >= 11 is 0. The van der Waals surface area contributed by atoms with Crippen LogP contribution in [0.1, 0.15) is 34.1 Å². The molecule has 0 aromatic carbocycles. The molecule has 14 heavy (non-hydrogen) atoms. The van der Waals surface area contributed by atoms with Gasteiger partial charge in [0, 0.05) is 6.42 Å². The number of quaternary nitrogens is 1. The highest BCUT2D eigenvalue weighted by molar-refractivity contribution is 7.54. The Balaban J connectivity index is 4.38. The van der Waals surface area contributed by atoms with E-state index in [4.69, 9.17) is 9.05 Å². The minimum absolute atomic E-state index is 0.262. The molecule has 3 N–H and O–H groups in total. The zero-order valence-electron chi connectivity index (χ0n) is 9.66. The summed E-state index contributed by atoms with van der Waals surface area (Å²) in [4.78, 5) is 0. The van der Waals surface area contributed by atoms with E-state index >= 15 is 0 Å². The van der Waals surface area contributed by atoms with E-state index < -0.39 is 7.60 Å². The van der Waals surface area contributed by atoms with Crippen molar-refractivity contribution < 1.29 is 19.3 Å². The predicted molar refractivity (Wildman–Crippen MR) is 57.0 cm³/mol. The van der Waals surface area contributed by atoms with Gasteiger partial charge in [-0.2, -0.15) is 0 Å². The molecule has 0 aromatic heterocycles. The Kier molecular flexibility index (Phi) is 6.62. The van der Waals surface area contributed by atoms with E-state index in [0.717, 1.165) is 6.42 Å². The maximum Gasteiger partial charge on any atom is 0.387 e. The van der Waals surface area contributed by atoms with E-state index in [0.29, 0.717) is 19.1 Å². The van der Waals surface area contributed by atoms with Gasteiger partial charge in [0.15, 0.2) is 5.78 Å². The van der Waals surface area contributed by atoms with Crippen LogP contribution >= 0.6 is 7.60 Å². The molecule has 86 valence electrons. The fourth-order valence-electron chi connectivity index (χ4n) is 1.28.